The summed E-state index contributed by atoms with van der Waals surface area (Å²) in [6.45, 7) is 2.27. The van der Waals surface area contributed by atoms with Crippen LogP contribution in [0.15, 0.2) is 16.8 Å². The number of thiophene rings is 1. The molecule has 1 amide bonds. The number of amides is 1. The van der Waals surface area contributed by atoms with Gasteiger partial charge in [-0.25, -0.2) is 4.98 Å². The Hall–Kier alpha value is -1.69. The lowest BCUT2D eigenvalue weighted by Gasteiger charge is -2.14. The van der Waals surface area contributed by atoms with Gasteiger partial charge in [-0.3, -0.25) is 9.89 Å². The van der Waals surface area contributed by atoms with E-state index in [2.05, 4.69) is 15.2 Å². The van der Waals surface area contributed by atoms with Gasteiger partial charge in [-0.2, -0.15) is 16.4 Å². The highest BCUT2D eigenvalue weighted by Gasteiger charge is 2.12. The molecule has 0 atom stereocenters. The molecular weight excluding hydrogens is 236 g/mol. The van der Waals surface area contributed by atoms with Crippen LogP contribution in [0.5, 0.6) is 0 Å². The van der Waals surface area contributed by atoms with E-state index in [9.17, 15) is 4.79 Å². The second kappa shape index (κ2) is 5.09. The molecule has 0 aromatic carbocycles. The first-order valence-electron chi connectivity index (χ1n) is 5.28. The van der Waals surface area contributed by atoms with Crippen LogP contribution in [-0.2, 0) is 17.8 Å². The third-order valence-electron chi connectivity index (χ3n) is 2.38. The molecule has 0 spiro atoms. The van der Waals surface area contributed by atoms with E-state index in [0.717, 1.165) is 11.4 Å². The highest BCUT2D eigenvalue weighted by molar-refractivity contribution is 7.07. The van der Waals surface area contributed by atoms with Gasteiger partial charge in [0.25, 0.3) is 0 Å². The molecule has 2 aromatic rings. The fourth-order valence-electron chi connectivity index (χ4n) is 1.46. The minimum Gasteiger partial charge on any atom is -0.338 e. The van der Waals surface area contributed by atoms with Gasteiger partial charge in [0.05, 0.1) is 13.0 Å². The Balaban J connectivity index is 1.91. The minimum atomic E-state index is 0.0749. The van der Waals surface area contributed by atoms with Gasteiger partial charge in [0, 0.05) is 7.05 Å². The first-order valence-corrected chi connectivity index (χ1v) is 6.22. The van der Waals surface area contributed by atoms with Crippen molar-refractivity contribution in [2.24, 2.45) is 0 Å². The molecule has 0 unspecified atom stereocenters. The lowest BCUT2D eigenvalue weighted by atomic mass is 10.2. The van der Waals surface area contributed by atoms with E-state index in [1.165, 1.54) is 0 Å². The third kappa shape index (κ3) is 3.13. The number of carbonyl (C=O) groups excluding carboxylic acids is 1. The number of hydrogen-bond acceptors (Lipinski definition) is 4. The average Bonchev–Trinajstić information content (AvgIpc) is 2.90. The van der Waals surface area contributed by atoms with E-state index < -0.39 is 0 Å². The number of aromatic amines is 1. The summed E-state index contributed by atoms with van der Waals surface area (Å²) in [4.78, 5) is 17.7. The van der Waals surface area contributed by atoms with E-state index in [4.69, 9.17) is 0 Å². The monoisotopic (exact) mass is 250 g/mol. The summed E-state index contributed by atoms with van der Waals surface area (Å²) in [5.74, 6) is 1.48. The lowest BCUT2D eigenvalue weighted by Crippen LogP contribution is -2.28. The smallest absolute Gasteiger partial charge is 0.227 e. The summed E-state index contributed by atoms with van der Waals surface area (Å²) < 4.78 is 0. The van der Waals surface area contributed by atoms with Gasteiger partial charge < -0.3 is 4.90 Å². The number of H-pyrrole nitrogens is 1. The molecule has 0 aliphatic carbocycles. The van der Waals surface area contributed by atoms with E-state index in [-0.39, 0.29) is 5.91 Å². The number of aromatic nitrogens is 3. The zero-order chi connectivity index (χ0) is 12.3. The zero-order valence-electron chi connectivity index (χ0n) is 9.80. The number of rotatable bonds is 4. The van der Waals surface area contributed by atoms with Crippen molar-refractivity contribution in [3.8, 4) is 0 Å². The second-order valence-electron chi connectivity index (χ2n) is 3.90. The van der Waals surface area contributed by atoms with E-state index >= 15 is 0 Å². The Labute approximate surface area is 103 Å². The molecular formula is C11H14N4OS. The molecule has 1 N–H and O–H groups in total. The third-order valence-corrected chi connectivity index (χ3v) is 3.12. The van der Waals surface area contributed by atoms with Crippen molar-refractivity contribution in [2.45, 2.75) is 19.9 Å². The summed E-state index contributed by atoms with van der Waals surface area (Å²) in [5.41, 5.74) is 1.05. The Morgan fingerprint density at radius 3 is 3.00 bits per heavy atom. The van der Waals surface area contributed by atoms with Crippen molar-refractivity contribution < 1.29 is 4.79 Å². The number of hydrogen-bond donors (Lipinski definition) is 1. The topological polar surface area (TPSA) is 61.9 Å². The van der Waals surface area contributed by atoms with E-state index in [1.807, 2.05) is 23.8 Å². The van der Waals surface area contributed by atoms with Gasteiger partial charge in [0.2, 0.25) is 5.91 Å². The van der Waals surface area contributed by atoms with Crippen LogP contribution in [0.4, 0.5) is 0 Å². The Kier molecular flexibility index (Phi) is 3.53. The lowest BCUT2D eigenvalue weighted by molar-refractivity contribution is -0.129. The molecule has 0 saturated heterocycles. The van der Waals surface area contributed by atoms with Crippen molar-refractivity contribution in [3.05, 3.63) is 34.0 Å². The predicted octanol–water partition coefficient (Wildman–Crippen LogP) is 1.38. The highest BCUT2D eigenvalue weighted by Crippen LogP contribution is 2.08. The van der Waals surface area contributed by atoms with Gasteiger partial charge in [-0.05, 0) is 29.3 Å². The molecule has 0 aliphatic rings. The summed E-state index contributed by atoms with van der Waals surface area (Å²) in [5, 5.41) is 10.7. The van der Waals surface area contributed by atoms with Crippen LogP contribution >= 0.6 is 11.3 Å². The molecule has 2 aromatic heterocycles. The van der Waals surface area contributed by atoms with Crippen LogP contribution in [-0.4, -0.2) is 33.0 Å². The number of nitrogens with zero attached hydrogens (tertiary/aromatic N) is 3. The molecule has 5 nitrogen and oxygen atoms in total. The number of carbonyl (C=O) groups is 1. The van der Waals surface area contributed by atoms with Crippen molar-refractivity contribution >= 4 is 17.2 Å². The molecule has 2 rings (SSSR count). The van der Waals surface area contributed by atoms with Gasteiger partial charge in [-0.15, -0.1) is 0 Å². The number of aryl methyl sites for hydroxylation is 1. The van der Waals surface area contributed by atoms with Gasteiger partial charge in [0.1, 0.15) is 5.82 Å². The van der Waals surface area contributed by atoms with Crippen molar-refractivity contribution in [1.29, 1.82) is 0 Å². The first kappa shape index (κ1) is 11.8. The predicted molar refractivity (Wildman–Crippen MR) is 65.6 cm³/mol. The van der Waals surface area contributed by atoms with Gasteiger partial charge in [-0.1, -0.05) is 0 Å². The van der Waals surface area contributed by atoms with Crippen molar-refractivity contribution in [3.63, 3.8) is 0 Å². The van der Waals surface area contributed by atoms with Crippen LogP contribution in [0, 0.1) is 6.92 Å². The number of nitrogens with one attached hydrogen (secondary N) is 1. The quantitative estimate of drug-likeness (QED) is 0.891. The van der Waals surface area contributed by atoms with Crippen LogP contribution < -0.4 is 0 Å². The SMILES string of the molecule is Cc1nc(CN(C)C(=O)Cc2ccsc2)n[nH]1. The van der Waals surface area contributed by atoms with E-state index in [0.29, 0.717) is 18.8 Å². The summed E-state index contributed by atoms with van der Waals surface area (Å²) >= 11 is 1.60. The van der Waals surface area contributed by atoms with Crippen LogP contribution in [0.1, 0.15) is 17.2 Å². The molecule has 90 valence electrons. The molecule has 0 saturated carbocycles. The molecule has 0 fully saturated rings. The van der Waals surface area contributed by atoms with Gasteiger partial charge >= 0.3 is 0 Å². The second-order valence-corrected chi connectivity index (χ2v) is 4.68. The Morgan fingerprint density at radius 2 is 2.41 bits per heavy atom. The summed E-state index contributed by atoms with van der Waals surface area (Å²) in [7, 11) is 1.76. The van der Waals surface area contributed by atoms with Crippen LogP contribution in [0.25, 0.3) is 0 Å². The summed E-state index contributed by atoms with van der Waals surface area (Å²) in [6, 6.07) is 1.97. The maximum absolute atomic E-state index is 11.9. The Morgan fingerprint density at radius 1 is 1.59 bits per heavy atom. The fraction of sp³-hybridized carbons (Fsp3) is 0.364. The molecule has 0 radical (unpaired) electrons. The largest absolute Gasteiger partial charge is 0.338 e. The van der Waals surface area contributed by atoms with Crippen molar-refractivity contribution in [1.82, 2.24) is 20.1 Å². The zero-order valence-corrected chi connectivity index (χ0v) is 10.6. The standard InChI is InChI=1S/C11H14N4OS/c1-8-12-10(14-13-8)6-15(2)11(16)5-9-3-4-17-7-9/h3-4,7H,5-6H2,1-2H3,(H,12,13,14). The van der Waals surface area contributed by atoms with Gasteiger partial charge in [0.15, 0.2) is 5.82 Å². The van der Waals surface area contributed by atoms with Crippen LogP contribution in [0.2, 0.25) is 0 Å². The Bertz CT molecular complexity index is 491. The maximum atomic E-state index is 11.9. The number of likely N-dealkylation sites (N-methyl/N-ethyl adjacent to an activating group) is 1. The summed E-state index contributed by atoms with van der Waals surface area (Å²) in [6.07, 6.45) is 0.434. The van der Waals surface area contributed by atoms with Crippen LogP contribution in [0.3, 0.4) is 0 Å². The minimum absolute atomic E-state index is 0.0749. The molecule has 6 heteroatoms. The molecule has 2 heterocycles. The highest BCUT2D eigenvalue weighted by atomic mass is 32.1. The fourth-order valence-corrected chi connectivity index (χ4v) is 2.13. The average molecular weight is 250 g/mol. The van der Waals surface area contributed by atoms with E-state index in [1.54, 1.807) is 23.3 Å². The molecule has 0 aliphatic heterocycles. The molecule has 0 bridgehead atoms. The maximum Gasteiger partial charge on any atom is 0.227 e. The molecule has 17 heavy (non-hydrogen) atoms. The first-order chi connectivity index (χ1) is 8.15. The normalized spacial score (nSPS) is 10.5. The van der Waals surface area contributed by atoms with Crippen molar-refractivity contribution in [2.75, 3.05) is 7.05 Å².